The van der Waals surface area contributed by atoms with Crippen LogP contribution in [0.5, 0.6) is 5.75 Å². The topological polar surface area (TPSA) is 50.4 Å². The number of benzene rings is 2. The molecule has 4 nitrogen and oxygen atoms in total. The van der Waals surface area contributed by atoms with E-state index in [0.717, 1.165) is 5.56 Å². The minimum absolute atomic E-state index is 0.250. The molecule has 0 saturated carbocycles. The highest BCUT2D eigenvalue weighted by atomic mass is 35.5. The largest absolute Gasteiger partial charge is 0.492 e. The predicted octanol–water partition coefficient (Wildman–Crippen LogP) is 4.57. The van der Waals surface area contributed by atoms with Crippen molar-refractivity contribution in [2.45, 2.75) is 6.42 Å². The first kappa shape index (κ1) is 18.7. The molecule has 0 unspecified atom stereocenters. The van der Waals surface area contributed by atoms with E-state index in [9.17, 15) is 4.79 Å². The van der Waals surface area contributed by atoms with Crippen molar-refractivity contribution < 1.29 is 9.53 Å². The Morgan fingerprint density at radius 3 is 2.29 bits per heavy atom. The van der Waals surface area contributed by atoms with Gasteiger partial charge in [0.15, 0.2) is 0 Å². The van der Waals surface area contributed by atoms with Crippen LogP contribution >= 0.6 is 34.8 Å². The summed E-state index contributed by atoms with van der Waals surface area (Å²) in [6.07, 6.45) is 0.630. The molecule has 0 radical (unpaired) electrons. The van der Waals surface area contributed by atoms with Crippen molar-refractivity contribution >= 4 is 40.8 Å². The molecule has 2 rings (SSSR count). The maximum atomic E-state index is 11.7. The van der Waals surface area contributed by atoms with Gasteiger partial charge in [0.2, 0.25) is 0 Å². The first-order valence-corrected chi connectivity index (χ1v) is 8.52. The molecule has 2 aromatic rings. The lowest BCUT2D eigenvalue weighted by Gasteiger charge is -2.10. The van der Waals surface area contributed by atoms with Gasteiger partial charge in [-0.3, -0.25) is 0 Å². The molecule has 128 valence electrons. The molecule has 2 N–H and O–H groups in total. The van der Waals surface area contributed by atoms with E-state index in [1.165, 1.54) is 0 Å². The molecule has 24 heavy (non-hydrogen) atoms. The first-order chi connectivity index (χ1) is 11.5. The molecule has 0 aliphatic rings. The molecule has 0 aromatic heterocycles. The van der Waals surface area contributed by atoms with E-state index in [1.54, 1.807) is 36.4 Å². The molecular weight excluding hydrogens is 371 g/mol. The Kier molecular flexibility index (Phi) is 7.50. The number of ether oxygens (including phenoxy) is 1. The molecule has 0 aliphatic carbocycles. The van der Waals surface area contributed by atoms with Crippen LogP contribution in [0.4, 0.5) is 4.79 Å². The number of carbonyl (C=O) groups is 1. The Hall–Kier alpha value is -1.62. The molecule has 0 saturated heterocycles. The molecule has 0 spiro atoms. The van der Waals surface area contributed by atoms with Gasteiger partial charge in [0.25, 0.3) is 0 Å². The summed E-state index contributed by atoms with van der Waals surface area (Å²) in [6, 6.07) is 12.1. The smallest absolute Gasteiger partial charge is 0.314 e. The normalized spacial score (nSPS) is 10.3. The van der Waals surface area contributed by atoms with Crippen molar-refractivity contribution in [1.29, 1.82) is 0 Å². The summed E-state index contributed by atoms with van der Waals surface area (Å²) < 4.78 is 5.48. The van der Waals surface area contributed by atoms with Gasteiger partial charge in [-0.05, 0) is 48.4 Å². The van der Waals surface area contributed by atoms with Crippen LogP contribution in [0, 0.1) is 0 Å². The van der Waals surface area contributed by atoms with Crippen LogP contribution in [0.15, 0.2) is 42.5 Å². The molecule has 7 heteroatoms. The standard InChI is InChI=1S/C17H17Cl3N2O2/c18-13-3-5-15(6-4-13)24-10-9-22-17(23)21-8-7-12-1-2-14(19)11-16(12)20/h1-6,11H,7-10H2,(H2,21,22,23). The number of hydrogen-bond acceptors (Lipinski definition) is 2. The fourth-order valence-electron chi connectivity index (χ4n) is 1.96. The van der Waals surface area contributed by atoms with Gasteiger partial charge in [-0.2, -0.15) is 0 Å². The third kappa shape index (κ3) is 6.48. The number of hydrogen-bond donors (Lipinski definition) is 2. The Morgan fingerprint density at radius 2 is 1.58 bits per heavy atom. The Bertz CT molecular complexity index is 678. The average molecular weight is 388 g/mol. The highest BCUT2D eigenvalue weighted by Crippen LogP contribution is 2.21. The quantitative estimate of drug-likeness (QED) is 0.684. The van der Waals surface area contributed by atoms with Crippen LogP contribution in [-0.4, -0.2) is 25.7 Å². The fraction of sp³-hybridized carbons (Fsp3) is 0.235. The second-order valence-corrected chi connectivity index (χ2v) is 6.25. The molecule has 0 aliphatic heterocycles. The lowest BCUT2D eigenvalue weighted by Crippen LogP contribution is -2.38. The Morgan fingerprint density at radius 1 is 0.917 bits per heavy atom. The van der Waals surface area contributed by atoms with Gasteiger partial charge in [-0.25, -0.2) is 4.79 Å². The van der Waals surface area contributed by atoms with E-state index < -0.39 is 0 Å². The second-order valence-electron chi connectivity index (χ2n) is 4.97. The van der Waals surface area contributed by atoms with Gasteiger partial charge in [0.05, 0.1) is 6.54 Å². The highest BCUT2D eigenvalue weighted by molar-refractivity contribution is 6.35. The van der Waals surface area contributed by atoms with Gasteiger partial charge < -0.3 is 15.4 Å². The van der Waals surface area contributed by atoms with E-state index in [4.69, 9.17) is 39.5 Å². The maximum absolute atomic E-state index is 11.7. The van der Waals surface area contributed by atoms with Crippen LogP contribution < -0.4 is 15.4 Å². The molecule has 0 bridgehead atoms. The lowest BCUT2D eigenvalue weighted by atomic mass is 10.1. The van der Waals surface area contributed by atoms with E-state index in [2.05, 4.69) is 10.6 Å². The van der Waals surface area contributed by atoms with E-state index in [-0.39, 0.29) is 6.03 Å². The van der Waals surface area contributed by atoms with Crippen molar-refractivity contribution in [2.75, 3.05) is 19.7 Å². The fourth-order valence-corrected chi connectivity index (χ4v) is 2.59. The van der Waals surface area contributed by atoms with Crippen LogP contribution in [-0.2, 0) is 6.42 Å². The molecular formula is C17H17Cl3N2O2. The van der Waals surface area contributed by atoms with Gasteiger partial charge >= 0.3 is 6.03 Å². The number of nitrogens with one attached hydrogen (secondary N) is 2. The summed E-state index contributed by atoms with van der Waals surface area (Å²) in [5.74, 6) is 0.707. The number of carbonyl (C=O) groups excluding carboxylic acids is 1. The van der Waals surface area contributed by atoms with Crippen LogP contribution in [0.2, 0.25) is 15.1 Å². The zero-order valence-electron chi connectivity index (χ0n) is 12.8. The number of amides is 2. The SMILES string of the molecule is O=C(NCCOc1ccc(Cl)cc1)NCCc1ccc(Cl)cc1Cl. The van der Waals surface area contributed by atoms with Crippen molar-refractivity contribution in [3.05, 3.63) is 63.1 Å². The Labute approximate surface area is 156 Å². The molecule has 0 fully saturated rings. The third-order valence-corrected chi connectivity index (χ3v) is 4.00. The third-order valence-electron chi connectivity index (χ3n) is 3.16. The molecule has 0 heterocycles. The van der Waals surface area contributed by atoms with E-state index in [1.807, 2.05) is 6.07 Å². The van der Waals surface area contributed by atoms with Gasteiger partial charge in [-0.15, -0.1) is 0 Å². The van der Waals surface area contributed by atoms with E-state index >= 15 is 0 Å². The molecule has 2 aromatic carbocycles. The Balaban J connectivity index is 1.60. The maximum Gasteiger partial charge on any atom is 0.314 e. The lowest BCUT2D eigenvalue weighted by molar-refractivity contribution is 0.236. The summed E-state index contributed by atoms with van der Waals surface area (Å²) in [7, 11) is 0. The first-order valence-electron chi connectivity index (χ1n) is 7.38. The van der Waals surface area contributed by atoms with Crippen LogP contribution in [0.1, 0.15) is 5.56 Å². The highest BCUT2D eigenvalue weighted by Gasteiger charge is 2.03. The van der Waals surface area contributed by atoms with Crippen molar-refractivity contribution in [3.8, 4) is 5.75 Å². The summed E-state index contributed by atoms with van der Waals surface area (Å²) in [4.78, 5) is 11.7. The minimum atomic E-state index is -0.250. The monoisotopic (exact) mass is 386 g/mol. The number of urea groups is 1. The van der Waals surface area contributed by atoms with Crippen molar-refractivity contribution in [1.82, 2.24) is 10.6 Å². The zero-order chi connectivity index (χ0) is 17.4. The second kappa shape index (κ2) is 9.62. The molecule has 0 atom stereocenters. The van der Waals surface area contributed by atoms with E-state index in [0.29, 0.717) is 46.9 Å². The summed E-state index contributed by atoms with van der Waals surface area (Å²) in [6.45, 7) is 1.25. The number of halogens is 3. The summed E-state index contributed by atoms with van der Waals surface area (Å²) in [5, 5.41) is 7.33. The van der Waals surface area contributed by atoms with Crippen LogP contribution in [0.25, 0.3) is 0 Å². The molecule has 2 amide bonds. The minimum Gasteiger partial charge on any atom is -0.492 e. The van der Waals surface area contributed by atoms with Crippen LogP contribution in [0.3, 0.4) is 0 Å². The summed E-state index contributed by atoms with van der Waals surface area (Å²) >= 11 is 17.7. The average Bonchev–Trinajstić information content (AvgIpc) is 2.55. The van der Waals surface area contributed by atoms with Gasteiger partial charge in [-0.1, -0.05) is 40.9 Å². The van der Waals surface area contributed by atoms with Crippen molar-refractivity contribution in [3.63, 3.8) is 0 Å². The zero-order valence-corrected chi connectivity index (χ0v) is 15.1. The summed E-state index contributed by atoms with van der Waals surface area (Å²) in [5.41, 5.74) is 0.937. The van der Waals surface area contributed by atoms with Gasteiger partial charge in [0, 0.05) is 21.6 Å². The predicted molar refractivity (Wildman–Crippen MR) is 98.5 cm³/mol. The number of rotatable bonds is 7. The van der Waals surface area contributed by atoms with Crippen molar-refractivity contribution in [2.24, 2.45) is 0 Å². The van der Waals surface area contributed by atoms with Gasteiger partial charge in [0.1, 0.15) is 12.4 Å².